The van der Waals surface area contributed by atoms with Crippen LogP contribution in [0.25, 0.3) is 0 Å². The van der Waals surface area contributed by atoms with E-state index in [0.717, 1.165) is 5.69 Å². The van der Waals surface area contributed by atoms with Gasteiger partial charge >= 0.3 is 0 Å². The Morgan fingerprint density at radius 1 is 0.882 bits per heavy atom. The number of hydrogen-bond acceptors (Lipinski definition) is 5. The number of hydrogen-bond donors (Lipinski definition) is 2. The molecule has 34 heavy (non-hydrogen) atoms. The number of nitrogens with zero attached hydrogens (tertiary/aromatic N) is 2. The molecule has 0 fully saturated rings. The Bertz CT molecular complexity index is 1270. The van der Waals surface area contributed by atoms with Gasteiger partial charge in [-0.15, -0.1) is 0 Å². The lowest BCUT2D eigenvalue weighted by atomic mass is 10.1. The summed E-state index contributed by atoms with van der Waals surface area (Å²) in [7, 11) is 0. The lowest BCUT2D eigenvalue weighted by molar-refractivity contribution is 0.101. The van der Waals surface area contributed by atoms with Gasteiger partial charge in [-0.05, 0) is 55.0 Å². The second-order valence-corrected chi connectivity index (χ2v) is 7.75. The number of benzene rings is 3. The Morgan fingerprint density at radius 2 is 1.53 bits per heavy atom. The second-order valence-electron chi connectivity index (χ2n) is 7.75. The number of aromatic nitrogens is 2. The van der Waals surface area contributed by atoms with E-state index in [2.05, 4.69) is 34.8 Å². The molecule has 1 amide bonds. The minimum Gasteiger partial charge on any atom is -0.492 e. The summed E-state index contributed by atoms with van der Waals surface area (Å²) in [6, 6.07) is 29.9. The number of carbonyl (C=O) groups is 1. The molecule has 7 heteroatoms. The fourth-order valence-electron chi connectivity index (χ4n) is 3.42. The summed E-state index contributed by atoms with van der Waals surface area (Å²) >= 11 is 0. The highest BCUT2D eigenvalue weighted by Gasteiger charge is 2.11. The third-order valence-electron chi connectivity index (χ3n) is 5.24. The third kappa shape index (κ3) is 6.10. The Kier molecular flexibility index (Phi) is 7.35. The largest absolute Gasteiger partial charge is 0.492 e. The molecule has 0 aliphatic carbocycles. The Morgan fingerprint density at radius 3 is 2.24 bits per heavy atom. The molecule has 1 atom stereocenters. The molecule has 4 aromatic rings. The molecule has 3 aromatic carbocycles. The standard InChI is InChI=1S/C27H26N4O3/c1-20(21-8-4-2-5-9-21)28-22-12-14-23(15-13-22)29-27(33)25-16-17-26(32)31(30-25)18-19-34-24-10-6-3-7-11-24/h2-17,20,28H,18-19H2,1H3,(H,29,33). The highest BCUT2D eigenvalue weighted by atomic mass is 16.5. The van der Waals surface area contributed by atoms with Crippen LogP contribution in [0.15, 0.2) is 102 Å². The molecule has 0 saturated heterocycles. The van der Waals surface area contributed by atoms with Crippen LogP contribution in [0.4, 0.5) is 11.4 Å². The Labute approximate surface area is 198 Å². The average molecular weight is 455 g/mol. The Balaban J connectivity index is 1.34. The van der Waals surface area contributed by atoms with Crippen LogP contribution in [0.3, 0.4) is 0 Å². The molecule has 2 N–H and O–H groups in total. The molecular weight excluding hydrogens is 428 g/mol. The fraction of sp³-hybridized carbons (Fsp3) is 0.148. The van der Waals surface area contributed by atoms with Crippen molar-refractivity contribution in [2.24, 2.45) is 0 Å². The number of ether oxygens (including phenoxy) is 1. The van der Waals surface area contributed by atoms with Crippen LogP contribution in [0.5, 0.6) is 5.75 Å². The summed E-state index contributed by atoms with van der Waals surface area (Å²) in [5.41, 5.74) is 2.62. The molecule has 4 rings (SSSR count). The average Bonchev–Trinajstić information content (AvgIpc) is 2.87. The molecule has 1 unspecified atom stereocenters. The van der Waals surface area contributed by atoms with Crippen molar-refractivity contribution < 1.29 is 9.53 Å². The van der Waals surface area contributed by atoms with Gasteiger partial charge in [0.1, 0.15) is 18.1 Å². The number of amides is 1. The van der Waals surface area contributed by atoms with Gasteiger partial charge in [0, 0.05) is 23.5 Å². The SMILES string of the molecule is CC(Nc1ccc(NC(=O)c2ccc(=O)n(CCOc3ccccc3)n2)cc1)c1ccccc1. The van der Waals surface area contributed by atoms with Crippen LogP contribution in [0, 0.1) is 0 Å². The smallest absolute Gasteiger partial charge is 0.276 e. The second kappa shape index (κ2) is 11.0. The van der Waals surface area contributed by atoms with Gasteiger partial charge in [-0.1, -0.05) is 48.5 Å². The minimum absolute atomic E-state index is 0.151. The van der Waals surface area contributed by atoms with Crippen molar-refractivity contribution in [3.63, 3.8) is 0 Å². The van der Waals surface area contributed by atoms with E-state index in [1.165, 1.54) is 22.4 Å². The van der Waals surface area contributed by atoms with Gasteiger partial charge in [0.15, 0.2) is 0 Å². The van der Waals surface area contributed by atoms with E-state index in [4.69, 9.17) is 4.74 Å². The zero-order valence-corrected chi connectivity index (χ0v) is 18.8. The summed E-state index contributed by atoms with van der Waals surface area (Å²) in [6.45, 7) is 2.59. The first kappa shape index (κ1) is 22.8. The summed E-state index contributed by atoms with van der Waals surface area (Å²) in [6.07, 6.45) is 0. The molecule has 172 valence electrons. The zero-order chi connectivity index (χ0) is 23.8. The molecule has 0 bridgehead atoms. The normalized spacial score (nSPS) is 11.4. The van der Waals surface area contributed by atoms with Crippen LogP contribution in [0.1, 0.15) is 29.0 Å². The monoisotopic (exact) mass is 454 g/mol. The quantitative estimate of drug-likeness (QED) is 0.381. The summed E-state index contributed by atoms with van der Waals surface area (Å²) in [4.78, 5) is 24.8. The number of anilines is 2. The molecule has 7 nitrogen and oxygen atoms in total. The van der Waals surface area contributed by atoms with Crippen LogP contribution >= 0.6 is 0 Å². The highest BCUT2D eigenvalue weighted by molar-refractivity contribution is 6.02. The molecule has 0 spiro atoms. The molecule has 0 aliphatic rings. The number of nitrogens with one attached hydrogen (secondary N) is 2. The summed E-state index contributed by atoms with van der Waals surface area (Å²) < 4.78 is 6.85. The van der Waals surface area contributed by atoms with Gasteiger partial charge in [0.25, 0.3) is 11.5 Å². The van der Waals surface area contributed by atoms with Gasteiger partial charge in [0.2, 0.25) is 0 Å². The van der Waals surface area contributed by atoms with Gasteiger partial charge in [-0.3, -0.25) is 9.59 Å². The molecule has 0 radical (unpaired) electrons. The van der Waals surface area contributed by atoms with Crippen molar-refractivity contribution in [3.05, 3.63) is 119 Å². The van der Waals surface area contributed by atoms with E-state index in [1.807, 2.05) is 72.8 Å². The van der Waals surface area contributed by atoms with Crippen LogP contribution in [0.2, 0.25) is 0 Å². The predicted octanol–water partition coefficient (Wildman–Crippen LogP) is 4.75. The maximum Gasteiger partial charge on any atom is 0.276 e. The molecule has 1 heterocycles. The van der Waals surface area contributed by atoms with E-state index >= 15 is 0 Å². The Hall–Kier alpha value is -4.39. The first-order valence-electron chi connectivity index (χ1n) is 11.1. The number of para-hydroxylation sites is 1. The molecule has 1 aromatic heterocycles. The van der Waals surface area contributed by atoms with E-state index < -0.39 is 5.91 Å². The maximum absolute atomic E-state index is 12.7. The number of rotatable bonds is 9. The van der Waals surface area contributed by atoms with Crippen LogP contribution in [-0.4, -0.2) is 22.3 Å². The van der Waals surface area contributed by atoms with Gasteiger partial charge in [-0.25, -0.2) is 4.68 Å². The zero-order valence-electron chi connectivity index (χ0n) is 18.8. The van der Waals surface area contributed by atoms with Crippen LogP contribution in [-0.2, 0) is 6.54 Å². The number of carbonyl (C=O) groups excluding carboxylic acids is 1. The van der Waals surface area contributed by atoms with Crippen molar-refractivity contribution in [3.8, 4) is 5.75 Å². The van der Waals surface area contributed by atoms with Gasteiger partial charge in [0.05, 0.1) is 6.54 Å². The topological polar surface area (TPSA) is 85.2 Å². The minimum atomic E-state index is -0.393. The van der Waals surface area contributed by atoms with Gasteiger partial charge in [-0.2, -0.15) is 5.10 Å². The maximum atomic E-state index is 12.7. The van der Waals surface area contributed by atoms with Crippen LogP contribution < -0.4 is 20.9 Å². The van der Waals surface area contributed by atoms with Crippen molar-refractivity contribution in [2.75, 3.05) is 17.2 Å². The van der Waals surface area contributed by atoms with E-state index in [9.17, 15) is 9.59 Å². The first-order chi connectivity index (χ1) is 16.6. The van der Waals surface area contributed by atoms with Crippen molar-refractivity contribution in [1.29, 1.82) is 0 Å². The molecular formula is C27H26N4O3. The summed E-state index contributed by atoms with van der Waals surface area (Å²) in [5, 5.41) is 10.5. The van der Waals surface area contributed by atoms with Crippen molar-refractivity contribution >= 4 is 17.3 Å². The van der Waals surface area contributed by atoms with E-state index in [1.54, 1.807) is 0 Å². The lowest BCUT2D eigenvalue weighted by Crippen LogP contribution is -2.28. The van der Waals surface area contributed by atoms with Crippen molar-refractivity contribution in [1.82, 2.24) is 9.78 Å². The third-order valence-corrected chi connectivity index (χ3v) is 5.24. The summed E-state index contributed by atoms with van der Waals surface area (Å²) in [5.74, 6) is 0.316. The predicted molar refractivity (Wildman–Crippen MR) is 133 cm³/mol. The van der Waals surface area contributed by atoms with E-state index in [-0.39, 0.29) is 30.4 Å². The molecule has 0 aliphatic heterocycles. The molecule has 0 saturated carbocycles. The lowest BCUT2D eigenvalue weighted by Gasteiger charge is -2.16. The highest BCUT2D eigenvalue weighted by Crippen LogP contribution is 2.21. The van der Waals surface area contributed by atoms with E-state index in [0.29, 0.717) is 11.4 Å². The van der Waals surface area contributed by atoms with Gasteiger partial charge < -0.3 is 15.4 Å². The first-order valence-corrected chi connectivity index (χ1v) is 11.1. The fourth-order valence-corrected chi connectivity index (χ4v) is 3.42. The van der Waals surface area contributed by atoms with Crippen molar-refractivity contribution in [2.45, 2.75) is 19.5 Å².